The number of nitrogens with one attached hydrogen (secondary N) is 1. The van der Waals surface area contributed by atoms with Crippen LogP contribution in [0.15, 0.2) is 48.5 Å². The van der Waals surface area contributed by atoms with Gasteiger partial charge < -0.3 is 5.73 Å². The zero-order valence-electron chi connectivity index (χ0n) is 8.27. The summed E-state index contributed by atoms with van der Waals surface area (Å²) in [6, 6.07) is 14.3. The van der Waals surface area contributed by atoms with Crippen LogP contribution in [0.4, 0.5) is 0 Å². The zero-order valence-corrected chi connectivity index (χ0v) is 8.27. The Hall–Kier alpha value is -2.09. The molecule has 0 aliphatic carbocycles. The largest absolute Gasteiger partial charge is 0.384 e. The fourth-order valence-corrected chi connectivity index (χ4v) is 1.50. The second-order valence-corrected chi connectivity index (χ2v) is 3.40. The number of rotatable bonds is 2. The van der Waals surface area contributed by atoms with Crippen LogP contribution in [0.2, 0.25) is 0 Å². The molecule has 3 N–H and O–H groups in total. The SMILES string of the molecule is N=C(N)C=Cc1ccc2ccccc2c1. The first-order valence-electron chi connectivity index (χ1n) is 4.76. The molecule has 0 saturated carbocycles. The number of benzene rings is 2. The van der Waals surface area contributed by atoms with Gasteiger partial charge in [-0.25, -0.2) is 0 Å². The molecule has 0 amide bonds. The summed E-state index contributed by atoms with van der Waals surface area (Å²) in [5.74, 6) is 0.0724. The van der Waals surface area contributed by atoms with Gasteiger partial charge in [0.05, 0.1) is 0 Å². The second-order valence-electron chi connectivity index (χ2n) is 3.40. The highest BCUT2D eigenvalue weighted by Crippen LogP contribution is 2.16. The summed E-state index contributed by atoms with van der Waals surface area (Å²) in [6.07, 6.45) is 3.43. The minimum Gasteiger partial charge on any atom is -0.384 e. The van der Waals surface area contributed by atoms with E-state index in [9.17, 15) is 0 Å². The average Bonchev–Trinajstić information content (AvgIpc) is 2.26. The first-order valence-corrected chi connectivity index (χ1v) is 4.76. The summed E-state index contributed by atoms with van der Waals surface area (Å²) in [5.41, 5.74) is 6.31. The summed E-state index contributed by atoms with van der Waals surface area (Å²) in [5, 5.41) is 9.51. The van der Waals surface area contributed by atoms with Gasteiger partial charge in [0.15, 0.2) is 0 Å². The van der Waals surface area contributed by atoms with E-state index in [2.05, 4.69) is 24.3 Å². The molecule has 0 unspecified atom stereocenters. The molecule has 74 valence electrons. The topological polar surface area (TPSA) is 49.9 Å². The first kappa shape index (κ1) is 9.46. The third kappa shape index (κ3) is 2.23. The zero-order chi connectivity index (χ0) is 10.7. The van der Waals surface area contributed by atoms with Gasteiger partial charge in [-0.15, -0.1) is 0 Å². The molecule has 2 heteroatoms. The normalized spacial score (nSPS) is 10.9. The van der Waals surface area contributed by atoms with Crippen LogP contribution in [0.5, 0.6) is 0 Å². The predicted octanol–water partition coefficient (Wildman–Crippen LogP) is 2.79. The van der Waals surface area contributed by atoms with Crippen molar-refractivity contribution in [2.24, 2.45) is 5.73 Å². The fourth-order valence-electron chi connectivity index (χ4n) is 1.50. The monoisotopic (exact) mass is 196 g/mol. The summed E-state index contributed by atoms with van der Waals surface area (Å²) < 4.78 is 0. The van der Waals surface area contributed by atoms with Crippen molar-refractivity contribution in [3.05, 3.63) is 54.1 Å². The van der Waals surface area contributed by atoms with Crippen molar-refractivity contribution < 1.29 is 0 Å². The molecule has 2 nitrogen and oxygen atoms in total. The molecule has 0 bridgehead atoms. The van der Waals surface area contributed by atoms with Gasteiger partial charge in [0.1, 0.15) is 5.84 Å². The third-order valence-corrected chi connectivity index (χ3v) is 2.23. The van der Waals surface area contributed by atoms with Crippen molar-refractivity contribution in [1.82, 2.24) is 0 Å². The maximum Gasteiger partial charge on any atom is 0.115 e. The van der Waals surface area contributed by atoms with Crippen molar-refractivity contribution in [3.63, 3.8) is 0 Å². The van der Waals surface area contributed by atoms with Crippen LogP contribution in [-0.2, 0) is 0 Å². The Labute approximate surface area is 88.5 Å². The van der Waals surface area contributed by atoms with E-state index in [0.717, 1.165) is 5.56 Å². The van der Waals surface area contributed by atoms with Gasteiger partial charge in [-0.2, -0.15) is 0 Å². The molecular weight excluding hydrogens is 184 g/mol. The van der Waals surface area contributed by atoms with Gasteiger partial charge in [0.25, 0.3) is 0 Å². The molecule has 0 spiro atoms. The molecule has 0 aromatic heterocycles. The quantitative estimate of drug-likeness (QED) is 0.563. The van der Waals surface area contributed by atoms with Crippen LogP contribution in [0.25, 0.3) is 16.8 Å². The lowest BCUT2D eigenvalue weighted by molar-refractivity contribution is 1.47. The first-order chi connectivity index (χ1) is 7.25. The molecule has 0 heterocycles. The number of hydrogen-bond donors (Lipinski definition) is 2. The number of hydrogen-bond acceptors (Lipinski definition) is 1. The highest BCUT2D eigenvalue weighted by molar-refractivity contribution is 5.93. The Morgan fingerprint density at radius 3 is 2.53 bits per heavy atom. The molecule has 15 heavy (non-hydrogen) atoms. The van der Waals surface area contributed by atoms with Crippen LogP contribution in [-0.4, -0.2) is 5.84 Å². The molecular formula is C13H12N2. The van der Waals surface area contributed by atoms with Crippen LogP contribution < -0.4 is 5.73 Å². The number of nitrogens with two attached hydrogens (primary N) is 1. The standard InChI is InChI=1S/C13H12N2/c14-13(15)8-6-10-5-7-11-3-1-2-4-12(11)9-10/h1-9H,(H3,14,15). The predicted molar refractivity (Wildman–Crippen MR) is 64.9 cm³/mol. The Morgan fingerprint density at radius 2 is 1.80 bits per heavy atom. The van der Waals surface area contributed by atoms with E-state index >= 15 is 0 Å². The molecule has 2 rings (SSSR count). The van der Waals surface area contributed by atoms with Gasteiger partial charge in [0, 0.05) is 0 Å². The van der Waals surface area contributed by atoms with E-state index in [1.807, 2.05) is 24.3 Å². The molecule has 0 aliphatic heterocycles. The smallest absolute Gasteiger partial charge is 0.115 e. The minimum absolute atomic E-state index is 0.0724. The van der Waals surface area contributed by atoms with E-state index in [1.165, 1.54) is 10.8 Å². The maximum atomic E-state index is 7.10. The Morgan fingerprint density at radius 1 is 1.07 bits per heavy atom. The summed E-state index contributed by atoms with van der Waals surface area (Å²) in [6.45, 7) is 0. The summed E-state index contributed by atoms with van der Waals surface area (Å²) >= 11 is 0. The minimum atomic E-state index is 0.0724. The highest BCUT2D eigenvalue weighted by atomic mass is 14.7. The van der Waals surface area contributed by atoms with Gasteiger partial charge in [-0.05, 0) is 28.5 Å². The van der Waals surface area contributed by atoms with Crippen LogP contribution >= 0.6 is 0 Å². The van der Waals surface area contributed by atoms with E-state index in [1.54, 1.807) is 6.08 Å². The van der Waals surface area contributed by atoms with E-state index in [4.69, 9.17) is 11.1 Å². The number of fused-ring (bicyclic) bond motifs is 1. The van der Waals surface area contributed by atoms with Crippen LogP contribution in [0.1, 0.15) is 5.56 Å². The molecule has 2 aromatic carbocycles. The van der Waals surface area contributed by atoms with Gasteiger partial charge in [0.2, 0.25) is 0 Å². The number of amidine groups is 1. The highest BCUT2D eigenvalue weighted by Gasteiger charge is 1.92. The van der Waals surface area contributed by atoms with Gasteiger partial charge >= 0.3 is 0 Å². The summed E-state index contributed by atoms with van der Waals surface area (Å²) in [7, 11) is 0. The second kappa shape index (κ2) is 3.96. The van der Waals surface area contributed by atoms with Crippen molar-refractivity contribution in [1.29, 1.82) is 5.41 Å². The van der Waals surface area contributed by atoms with Crippen molar-refractivity contribution in [2.75, 3.05) is 0 Å². The van der Waals surface area contributed by atoms with Crippen LogP contribution in [0, 0.1) is 5.41 Å². The molecule has 0 fully saturated rings. The molecule has 0 atom stereocenters. The van der Waals surface area contributed by atoms with Crippen LogP contribution in [0.3, 0.4) is 0 Å². The van der Waals surface area contributed by atoms with Gasteiger partial charge in [-0.3, -0.25) is 5.41 Å². The van der Waals surface area contributed by atoms with E-state index in [0.29, 0.717) is 0 Å². The lowest BCUT2D eigenvalue weighted by Crippen LogP contribution is -2.03. The van der Waals surface area contributed by atoms with E-state index < -0.39 is 0 Å². The maximum absolute atomic E-state index is 7.10. The molecule has 0 radical (unpaired) electrons. The van der Waals surface area contributed by atoms with Crippen molar-refractivity contribution in [2.45, 2.75) is 0 Å². The lowest BCUT2D eigenvalue weighted by atomic mass is 10.1. The fraction of sp³-hybridized carbons (Fsp3) is 0. The average molecular weight is 196 g/mol. The Balaban J connectivity index is 2.43. The van der Waals surface area contributed by atoms with Crippen molar-refractivity contribution in [3.8, 4) is 0 Å². The Bertz CT molecular complexity index is 527. The molecule has 0 saturated heterocycles. The Kier molecular flexibility index (Phi) is 2.50. The third-order valence-electron chi connectivity index (χ3n) is 2.23. The van der Waals surface area contributed by atoms with Crippen molar-refractivity contribution >= 4 is 22.7 Å². The molecule has 2 aromatic rings. The molecule has 0 aliphatic rings. The van der Waals surface area contributed by atoms with E-state index in [-0.39, 0.29) is 5.84 Å². The summed E-state index contributed by atoms with van der Waals surface area (Å²) in [4.78, 5) is 0. The van der Waals surface area contributed by atoms with Gasteiger partial charge in [-0.1, -0.05) is 42.5 Å². The lowest BCUT2D eigenvalue weighted by Gasteiger charge is -1.98.